The largest absolute Gasteiger partial charge is 0.462 e. The number of aliphatic imine (C=N–C) groups is 1. The van der Waals surface area contributed by atoms with Crippen molar-refractivity contribution < 1.29 is 9.53 Å². The Balaban J connectivity index is 1.81. The first-order valence-electron chi connectivity index (χ1n) is 12.9. The van der Waals surface area contributed by atoms with Gasteiger partial charge in [-0.2, -0.15) is 0 Å². The van der Waals surface area contributed by atoms with Gasteiger partial charge >= 0.3 is 5.97 Å². The second-order valence-electron chi connectivity index (χ2n) is 8.64. The number of hydrogen-bond acceptors (Lipinski definition) is 3. The summed E-state index contributed by atoms with van der Waals surface area (Å²) in [5.74, 6) is -0.236. The molecule has 0 saturated carbocycles. The summed E-state index contributed by atoms with van der Waals surface area (Å²) in [6, 6.07) is 17.6. The summed E-state index contributed by atoms with van der Waals surface area (Å²) in [7, 11) is 0. The van der Waals surface area contributed by atoms with Crippen LogP contribution in [-0.2, 0) is 4.74 Å². The van der Waals surface area contributed by atoms with Crippen molar-refractivity contribution in [1.29, 1.82) is 0 Å². The number of carbonyl (C=O) groups is 1. The molecule has 0 radical (unpaired) electrons. The lowest BCUT2D eigenvalue weighted by Crippen LogP contribution is -2.22. The Morgan fingerprint density at radius 1 is 0.788 bits per heavy atom. The Morgan fingerprint density at radius 2 is 1.39 bits per heavy atom. The van der Waals surface area contributed by atoms with E-state index in [-0.39, 0.29) is 5.97 Å². The number of ether oxygens (including phenoxy) is 1. The van der Waals surface area contributed by atoms with E-state index in [1.165, 1.54) is 51.4 Å². The van der Waals surface area contributed by atoms with Crippen molar-refractivity contribution in [3.05, 3.63) is 60.2 Å². The first kappa shape index (κ1) is 26.6. The van der Waals surface area contributed by atoms with Gasteiger partial charge < -0.3 is 9.64 Å². The number of anilines is 1. The number of hydrogen-bond donors (Lipinski definition) is 0. The molecule has 0 fully saturated rings. The Bertz CT molecular complexity index is 787. The second-order valence-corrected chi connectivity index (χ2v) is 8.64. The van der Waals surface area contributed by atoms with Crippen LogP contribution in [0.5, 0.6) is 0 Å². The molecule has 4 heteroatoms. The molecule has 0 aromatic heterocycles. The van der Waals surface area contributed by atoms with Gasteiger partial charge in [0.2, 0.25) is 0 Å². The molecule has 0 aliphatic heterocycles. The van der Waals surface area contributed by atoms with Crippen LogP contribution in [0.3, 0.4) is 0 Å². The summed E-state index contributed by atoms with van der Waals surface area (Å²) < 4.78 is 5.48. The molecule has 0 atom stereocenters. The Labute approximate surface area is 201 Å². The number of carbonyl (C=O) groups excluding carboxylic acids is 1. The van der Waals surface area contributed by atoms with Gasteiger partial charge in [0.1, 0.15) is 0 Å². The third-order valence-electron chi connectivity index (χ3n) is 5.77. The summed E-state index contributed by atoms with van der Waals surface area (Å²) in [6.45, 7) is 5.84. The van der Waals surface area contributed by atoms with Crippen LogP contribution in [0.15, 0.2) is 59.6 Å². The first-order chi connectivity index (χ1) is 16.2. The summed E-state index contributed by atoms with van der Waals surface area (Å²) in [5.41, 5.74) is 2.57. The molecule has 2 aromatic rings. The van der Waals surface area contributed by atoms with Crippen molar-refractivity contribution in [2.45, 2.75) is 84.5 Å². The molecule has 0 heterocycles. The average Bonchev–Trinajstić information content (AvgIpc) is 2.86. The van der Waals surface area contributed by atoms with E-state index in [9.17, 15) is 4.79 Å². The van der Waals surface area contributed by atoms with Crippen molar-refractivity contribution >= 4 is 23.7 Å². The van der Waals surface area contributed by atoms with E-state index >= 15 is 0 Å². The predicted octanol–water partition coefficient (Wildman–Crippen LogP) is 8.34. The molecule has 0 N–H and O–H groups in total. The monoisotopic (exact) mass is 450 g/mol. The fourth-order valence-corrected chi connectivity index (χ4v) is 3.71. The van der Waals surface area contributed by atoms with Crippen molar-refractivity contribution in [3.8, 4) is 0 Å². The fourth-order valence-electron chi connectivity index (χ4n) is 3.71. The summed E-state index contributed by atoms with van der Waals surface area (Å²) in [4.78, 5) is 19.2. The lowest BCUT2D eigenvalue weighted by atomic mass is 10.1. The Hall–Kier alpha value is -2.62. The number of rotatable bonds is 17. The van der Waals surface area contributed by atoms with Crippen molar-refractivity contribution in [3.63, 3.8) is 0 Å². The number of nitrogens with zero attached hydrogens (tertiary/aromatic N) is 2. The fraction of sp³-hybridized carbons (Fsp3) is 0.517. The van der Waals surface area contributed by atoms with E-state index in [2.05, 4.69) is 23.7 Å². The highest BCUT2D eigenvalue weighted by Gasteiger charge is 2.09. The van der Waals surface area contributed by atoms with Gasteiger partial charge in [-0.1, -0.05) is 89.8 Å². The number of esters is 1. The Kier molecular flexibility index (Phi) is 13.7. The molecule has 0 amide bonds. The minimum absolute atomic E-state index is 0.236. The van der Waals surface area contributed by atoms with E-state index < -0.39 is 0 Å². The SMILES string of the molecule is CCCCCCCCCCOC(=O)c1ccc(N(C=Nc2ccccc2)CCCCC)cc1. The molecule has 0 bridgehead atoms. The van der Waals surface area contributed by atoms with Crippen LogP contribution in [0.4, 0.5) is 11.4 Å². The van der Waals surface area contributed by atoms with E-state index in [4.69, 9.17) is 4.74 Å². The van der Waals surface area contributed by atoms with Crippen LogP contribution in [0.1, 0.15) is 94.8 Å². The zero-order chi connectivity index (χ0) is 23.6. The zero-order valence-corrected chi connectivity index (χ0v) is 20.7. The molecule has 2 rings (SSSR count). The molecule has 0 saturated heterocycles. The highest BCUT2D eigenvalue weighted by molar-refractivity contribution is 5.90. The van der Waals surface area contributed by atoms with Gasteiger partial charge in [-0.15, -0.1) is 0 Å². The molecule has 33 heavy (non-hydrogen) atoms. The molecule has 0 spiro atoms. The van der Waals surface area contributed by atoms with Gasteiger partial charge in [0.15, 0.2) is 0 Å². The molecule has 2 aromatic carbocycles. The smallest absolute Gasteiger partial charge is 0.338 e. The normalized spacial score (nSPS) is 11.1. The first-order valence-corrected chi connectivity index (χ1v) is 12.9. The lowest BCUT2D eigenvalue weighted by molar-refractivity contribution is 0.0497. The van der Waals surface area contributed by atoms with Gasteiger partial charge in [-0.05, 0) is 49.2 Å². The highest BCUT2D eigenvalue weighted by Crippen LogP contribution is 2.18. The molecule has 0 aliphatic carbocycles. The van der Waals surface area contributed by atoms with Crippen molar-refractivity contribution in [1.82, 2.24) is 0 Å². The van der Waals surface area contributed by atoms with Crippen molar-refractivity contribution in [2.24, 2.45) is 4.99 Å². The van der Waals surface area contributed by atoms with Crippen molar-refractivity contribution in [2.75, 3.05) is 18.1 Å². The number of unbranched alkanes of at least 4 members (excludes halogenated alkanes) is 9. The maximum absolute atomic E-state index is 12.4. The number of benzene rings is 2. The van der Waals surface area contributed by atoms with Crippen LogP contribution >= 0.6 is 0 Å². The third kappa shape index (κ3) is 11.2. The third-order valence-corrected chi connectivity index (χ3v) is 5.77. The van der Waals surface area contributed by atoms with Crippen LogP contribution < -0.4 is 4.90 Å². The van der Waals surface area contributed by atoms with Gasteiger partial charge in [0.25, 0.3) is 0 Å². The van der Waals surface area contributed by atoms with Gasteiger partial charge in [0, 0.05) is 12.2 Å². The maximum Gasteiger partial charge on any atom is 0.338 e. The Morgan fingerprint density at radius 3 is 2.06 bits per heavy atom. The van der Waals surface area contributed by atoms with Crippen LogP contribution in [0.25, 0.3) is 0 Å². The van der Waals surface area contributed by atoms with Crippen LogP contribution in [0, 0.1) is 0 Å². The van der Waals surface area contributed by atoms with Crippen LogP contribution in [-0.4, -0.2) is 25.5 Å². The zero-order valence-electron chi connectivity index (χ0n) is 20.7. The average molecular weight is 451 g/mol. The van der Waals surface area contributed by atoms with E-state index in [0.29, 0.717) is 12.2 Å². The molecular formula is C29H42N2O2. The minimum Gasteiger partial charge on any atom is -0.462 e. The van der Waals surface area contributed by atoms with E-state index in [0.717, 1.165) is 37.2 Å². The second kappa shape index (κ2) is 16.9. The molecule has 0 aliphatic rings. The number of para-hydroxylation sites is 1. The molecule has 4 nitrogen and oxygen atoms in total. The summed E-state index contributed by atoms with van der Waals surface area (Å²) in [6.07, 6.45) is 15.2. The van der Waals surface area contributed by atoms with Gasteiger partial charge in [-0.3, -0.25) is 0 Å². The van der Waals surface area contributed by atoms with Gasteiger partial charge in [-0.25, -0.2) is 9.79 Å². The summed E-state index contributed by atoms with van der Waals surface area (Å²) in [5, 5.41) is 0. The topological polar surface area (TPSA) is 41.9 Å². The quantitative estimate of drug-likeness (QED) is 0.105. The maximum atomic E-state index is 12.4. The minimum atomic E-state index is -0.236. The predicted molar refractivity (Wildman–Crippen MR) is 141 cm³/mol. The van der Waals surface area contributed by atoms with Crippen LogP contribution in [0.2, 0.25) is 0 Å². The van der Waals surface area contributed by atoms with E-state index in [1.54, 1.807) is 0 Å². The lowest BCUT2D eigenvalue weighted by Gasteiger charge is -2.20. The standard InChI is InChI=1S/C29H42N2O2/c1-3-5-7-8-9-10-11-16-24-33-29(32)26-19-21-28(22-20-26)31(23-15-6-4-2)25-30-27-17-13-12-14-18-27/h12-14,17-22,25H,3-11,15-16,23-24H2,1-2H3. The summed E-state index contributed by atoms with van der Waals surface area (Å²) >= 11 is 0. The molecule has 0 unspecified atom stereocenters. The van der Waals surface area contributed by atoms with E-state index in [1.807, 2.05) is 60.9 Å². The molecule has 180 valence electrons. The molecular weight excluding hydrogens is 408 g/mol. The highest BCUT2D eigenvalue weighted by atomic mass is 16.5. The van der Waals surface area contributed by atoms with Gasteiger partial charge in [0.05, 0.1) is 24.2 Å².